The third-order valence-corrected chi connectivity index (χ3v) is 1.89. The molecule has 0 bridgehead atoms. The molecule has 1 aliphatic rings. The highest BCUT2D eigenvalue weighted by Crippen LogP contribution is 2.15. The normalized spacial score (nSPS) is 24.5. The van der Waals surface area contributed by atoms with Crippen LogP contribution in [0.5, 0.6) is 0 Å². The molecule has 2 unspecified atom stereocenters. The standard InChI is InChI=1S/C7H12N2O3/c1-4(7(10)11)6-2-5(3-8)12-9-6/h4-5H,2-3,8H2,1H3,(H,10,11). The number of carboxylic acids is 1. The average Bonchev–Trinajstić information content (AvgIpc) is 2.50. The van der Waals surface area contributed by atoms with Crippen LogP contribution in [0.25, 0.3) is 0 Å². The van der Waals surface area contributed by atoms with Crippen LogP contribution < -0.4 is 5.73 Å². The van der Waals surface area contributed by atoms with Crippen molar-refractivity contribution in [1.29, 1.82) is 0 Å². The SMILES string of the molecule is CC(C(=O)O)C1=NOC(CN)C1. The second-order valence-corrected chi connectivity index (χ2v) is 2.81. The lowest BCUT2D eigenvalue weighted by molar-refractivity contribution is -0.138. The maximum absolute atomic E-state index is 10.5. The smallest absolute Gasteiger partial charge is 0.312 e. The van der Waals surface area contributed by atoms with Crippen molar-refractivity contribution in [2.75, 3.05) is 6.54 Å². The molecule has 0 amide bonds. The van der Waals surface area contributed by atoms with E-state index >= 15 is 0 Å². The number of hydrogen-bond donors (Lipinski definition) is 2. The molecule has 0 aliphatic carbocycles. The molecule has 0 aromatic heterocycles. The number of rotatable bonds is 3. The number of carbonyl (C=O) groups is 1. The van der Waals surface area contributed by atoms with E-state index in [1.165, 1.54) is 0 Å². The fraction of sp³-hybridized carbons (Fsp3) is 0.714. The van der Waals surface area contributed by atoms with Crippen LogP contribution >= 0.6 is 0 Å². The highest BCUT2D eigenvalue weighted by molar-refractivity contribution is 6.01. The number of oxime groups is 1. The number of aliphatic carboxylic acids is 1. The van der Waals surface area contributed by atoms with Crippen molar-refractivity contribution < 1.29 is 14.7 Å². The van der Waals surface area contributed by atoms with Crippen molar-refractivity contribution in [3.05, 3.63) is 0 Å². The minimum Gasteiger partial charge on any atom is -0.481 e. The minimum atomic E-state index is -0.880. The molecule has 0 aromatic rings. The molecule has 0 radical (unpaired) electrons. The van der Waals surface area contributed by atoms with Gasteiger partial charge in [-0.1, -0.05) is 5.16 Å². The molecule has 0 aromatic carbocycles. The molecule has 0 saturated carbocycles. The molecule has 1 heterocycles. The third kappa shape index (κ3) is 1.73. The van der Waals surface area contributed by atoms with Gasteiger partial charge in [0.25, 0.3) is 0 Å². The van der Waals surface area contributed by atoms with Crippen molar-refractivity contribution in [3.63, 3.8) is 0 Å². The predicted octanol–water partition coefficient (Wildman–Crippen LogP) is -0.189. The first kappa shape index (κ1) is 8.99. The van der Waals surface area contributed by atoms with Gasteiger partial charge in [-0.15, -0.1) is 0 Å². The maximum Gasteiger partial charge on any atom is 0.312 e. The third-order valence-electron chi connectivity index (χ3n) is 1.89. The summed E-state index contributed by atoms with van der Waals surface area (Å²) in [6, 6.07) is 0. The summed E-state index contributed by atoms with van der Waals surface area (Å²) in [7, 11) is 0. The van der Waals surface area contributed by atoms with Gasteiger partial charge in [-0.3, -0.25) is 4.79 Å². The number of hydrogen-bond acceptors (Lipinski definition) is 4. The van der Waals surface area contributed by atoms with E-state index in [0.29, 0.717) is 18.7 Å². The Labute approximate surface area is 70.2 Å². The molecule has 0 fully saturated rings. The lowest BCUT2D eigenvalue weighted by Gasteiger charge is -2.04. The first-order chi connectivity index (χ1) is 5.65. The Morgan fingerprint density at radius 1 is 2.00 bits per heavy atom. The van der Waals surface area contributed by atoms with Crippen molar-refractivity contribution in [3.8, 4) is 0 Å². The zero-order valence-electron chi connectivity index (χ0n) is 6.86. The Morgan fingerprint density at radius 2 is 2.67 bits per heavy atom. The van der Waals surface area contributed by atoms with E-state index in [4.69, 9.17) is 15.7 Å². The lowest BCUT2D eigenvalue weighted by Crippen LogP contribution is -2.24. The highest BCUT2D eigenvalue weighted by atomic mass is 16.6. The van der Waals surface area contributed by atoms with Crippen LogP contribution in [-0.4, -0.2) is 29.4 Å². The van der Waals surface area contributed by atoms with Gasteiger partial charge >= 0.3 is 5.97 Å². The molecule has 68 valence electrons. The molecule has 5 nitrogen and oxygen atoms in total. The summed E-state index contributed by atoms with van der Waals surface area (Å²) in [5.41, 5.74) is 5.89. The van der Waals surface area contributed by atoms with Crippen LogP contribution in [0.3, 0.4) is 0 Å². The van der Waals surface area contributed by atoms with Gasteiger partial charge in [0.2, 0.25) is 0 Å². The molecule has 1 rings (SSSR count). The molecule has 5 heteroatoms. The molecular weight excluding hydrogens is 160 g/mol. The molecular formula is C7H12N2O3. The van der Waals surface area contributed by atoms with Crippen molar-refractivity contribution >= 4 is 11.7 Å². The molecule has 0 saturated heterocycles. The fourth-order valence-electron chi connectivity index (χ4n) is 0.975. The topological polar surface area (TPSA) is 84.9 Å². The second kappa shape index (κ2) is 3.53. The molecule has 0 spiro atoms. The first-order valence-electron chi connectivity index (χ1n) is 3.80. The quantitative estimate of drug-likeness (QED) is 0.618. The van der Waals surface area contributed by atoms with Crippen LogP contribution in [0, 0.1) is 5.92 Å². The van der Waals surface area contributed by atoms with Crippen LogP contribution in [0.4, 0.5) is 0 Å². The van der Waals surface area contributed by atoms with Crippen molar-refractivity contribution in [2.24, 2.45) is 16.8 Å². The lowest BCUT2D eigenvalue weighted by atomic mass is 10.0. The Balaban J connectivity index is 2.51. The minimum absolute atomic E-state index is 0.137. The van der Waals surface area contributed by atoms with Crippen LogP contribution in [-0.2, 0) is 9.63 Å². The van der Waals surface area contributed by atoms with E-state index in [1.54, 1.807) is 6.92 Å². The predicted molar refractivity (Wildman–Crippen MR) is 42.8 cm³/mol. The molecule has 3 N–H and O–H groups in total. The van der Waals surface area contributed by atoms with Crippen LogP contribution in [0.2, 0.25) is 0 Å². The Morgan fingerprint density at radius 3 is 3.08 bits per heavy atom. The summed E-state index contributed by atoms with van der Waals surface area (Å²) in [4.78, 5) is 15.4. The molecule has 12 heavy (non-hydrogen) atoms. The van der Waals surface area contributed by atoms with E-state index in [0.717, 1.165) is 0 Å². The first-order valence-corrected chi connectivity index (χ1v) is 3.80. The Hall–Kier alpha value is -1.10. The Bertz CT molecular complexity index is 215. The zero-order chi connectivity index (χ0) is 9.14. The number of nitrogens with zero attached hydrogens (tertiary/aromatic N) is 1. The van der Waals surface area contributed by atoms with Gasteiger partial charge < -0.3 is 15.7 Å². The van der Waals surface area contributed by atoms with Gasteiger partial charge in [-0.05, 0) is 6.92 Å². The van der Waals surface area contributed by atoms with Gasteiger partial charge in [-0.2, -0.15) is 0 Å². The summed E-state index contributed by atoms with van der Waals surface area (Å²) in [5.74, 6) is -1.45. The van der Waals surface area contributed by atoms with Crippen molar-refractivity contribution in [2.45, 2.75) is 19.4 Å². The van der Waals surface area contributed by atoms with Crippen LogP contribution in [0.15, 0.2) is 5.16 Å². The van der Waals surface area contributed by atoms with Gasteiger partial charge in [0.15, 0.2) is 0 Å². The Kier molecular flexibility index (Phi) is 2.65. The van der Waals surface area contributed by atoms with E-state index in [-0.39, 0.29) is 6.10 Å². The van der Waals surface area contributed by atoms with Gasteiger partial charge in [-0.25, -0.2) is 0 Å². The average molecular weight is 172 g/mol. The van der Waals surface area contributed by atoms with Gasteiger partial charge in [0.1, 0.15) is 6.10 Å². The number of nitrogens with two attached hydrogens (primary N) is 1. The fourth-order valence-corrected chi connectivity index (χ4v) is 0.975. The summed E-state index contributed by atoms with van der Waals surface area (Å²) in [6.45, 7) is 1.96. The van der Waals surface area contributed by atoms with E-state index in [1.807, 2.05) is 0 Å². The molecule has 1 aliphatic heterocycles. The van der Waals surface area contributed by atoms with Gasteiger partial charge in [0, 0.05) is 13.0 Å². The summed E-state index contributed by atoms with van der Waals surface area (Å²) in [6.07, 6.45) is 0.394. The largest absolute Gasteiger partial charge is 0.481 e. The van der Waals surface area contributed by atoms with E-state index in [9.17, 15) is 4.79 Å². The van der Waals surface area contributed by atoms with Gasteiger partial charge in [0.05, 0.1) is 11.6 Å². The summed E-state index contributed by atoms with van der Waals surface area (Å²) in [5, 5.41) is 12.3. The second-order valence-electron chi connectivity index (χ2n) is 2.81. The number of carboxylic acid groups (broad SMARTS) is 1. The molecule has 2 atom stereocenters. The summed E-state index contributed by atoms with van der Waals surface area (Å²) < 4.78 is 0. The summed E-state index contributed by atoms with van der Waals surface area (Å²) >= 11 is 0. The van der Waals surface area contributed by atoms with E-state index < -0.39 is 11.9 Å². The monoisotopic (exact) mass is 172 g/mol. The van der Waals surface area contributed by atoms with Crippen LogP contribution in [0.1, 0.15) is 13.3 Å². The van der Waals surface area contributed by atoms with E-state index in [2.05, 4.69) is 5.16 Å². The maximum atomic E-state index is 10.5. The van der Waals surface area contributed by atoms with Crippen molar-refractivity contribution in [1.82, 2.24) is 0 Å². The zero-order valence-corrected chi connectivity index (χ0v) is 6.86. The highest BCUT2D eigenvalue weighted by Gasteiger charge is 2.27.